The maximum atomic E-state index is 11.5. The van der Waals surface area contributed by atoms with Crippen molar-refractivity contribution in [1.29, 1.82) is 0 Å². The number of nitrogens with one attached hydrogen (secondary N) is 1. The van der Waals surface area contributed by atoms with Crippen molar-refractivity contribution in [3.63, 3.8) is 0 Å². The van der Waals surface area contributed by atoms with E-state index in [1.54, 1.807) is 26.0 Å². The zero-order valence-corrected chi connectivity index (χ0v) is 9.04. The van der Waals surface area contributed by atoms with E-state index in [1.165, 1.54) is 12.4 Å². The van der Waals surface area contributed by atoms with Crippen LogP contribution in [0.4, 0.5) is 0 Å². The molecular weight excluding hydrogens is 208 g/mol. The second-order valence-electron chi connectivity index (χ2n) is 3.21. The van der Waals surface area contributed by atoms with Gasteiger partial charge in [-0.3, -0.25) is 9.78 Å². The molecule has 1 N–H and O–H groups in total. The lowest BCUT2D eigenvalue weighted by molar-refractivity contribution is 0.0954. The Bertz CT molecular complexity index is 403. The molecule has 0 radical (unpaired) electrons. The molecule has 1 atom stereocenters. The normalized spacial score (nSPS) is 13.0. The number of hydrazone groups is 1. The predicted octanol–water partition coefficient (Wildman–Crippen LogP) is 1.34. The van der Waals surface area contributed by atoms with Gasteiger partial charge in [-0.15, -0.1) is 0 Å². The minimum Gasteiger partial charge on any atom is -0.267 e. The van der Waals surface area contributed by atoms with Crippen LogP contribution in [0.25, 0.3) is 0 Å². The van der Waals surface area contributed by atoms with Crippen molar-refractivity contribution in [1.82, 2.24) is 10.4 Å². The molecule has 0 spiro atoms. The highest BCUT2D eigenvalue weighted by molar-refractivity contribution is 5.95. The molecule has 0 aliphatic heterocycles. The van der Waals surface area contributed by atoms with Crippen LogP contribution in [0.15, 0.2) is 34.8 Å². The first-order valence-electron chi connectivity index (χ1n) is 4.72. The average Bonchev–Trinajstić information content (AvgIpc) is 2.35. The summed E-state index contributed by atoms with van der Waals surface area (Å²) in [6.45, 7) is 3.23. The fraction of sp³-hybridized carbons (Fsp3) is 0.300. The summed E-state index contributed by atoms with van der Waals surface area (Å²) < 4.78 is 0. The Kier molecular flexibility index (Phi) is 4.26. The van der Waals surface area contributed by atoms with E-state index in [9.17, 15) is 9.70 Å². The van der Waals surface area contributed by atoms with E-state index in [4.69, 9.17) is 0 Å². The number of nitroso groups, excluding NO2 is 1. The first-order valence-corrected chi connectivity index (χ1v) is 4.72. The molecule has 0 saturated heterocycles. The van der Waals surface area contributed by atoms with Crippen LogP contribution in [0.2, 0.25) is 0 Å². The van der Waals surface area contributed by atoms with Crippen LogP contribution in [-0.4, -0.2) is 22.6 Å². The third kappa shape index (κ3) is 3.23. The van der Waals surface area contributed by atoms with Gasteiger partial charge in [-0.1, -0.05) is 5.18 Å². The van der Waals surface area contributed by atoms with E-state index in [2.05, 4.69) is 20.7 Å². The first kappa shape index (κ1) is 12.0. The molecule has 1 rings (SSSR count). The number of carbonyl (C=O) groups is 1. The monoisotopic (exact) mass is 220 g/mol. The average molecular weight is 220 g/mol. The van der Waals surface area contributed by atoms with Crippen LogP contribution in [0, 0.1) is 4.91 Å². The van der Waals surface area contributed by atoms with E-state index in [-0.39, 0.29) is 5.91 Å². The number of pyridine rings is 1. The van der Waals surface area contributed by atoms with Crippen molar-refractivity contribution in [2.45, 2.75) is 19.9 Å². The number of aromatic nitrogens is 1. The van der Waals surface area contributed by atoms with E-state index in [0.717, 1.165) is 0 Å². The van der Waals surface area contributed by atoms with E-state index in [0.29, 0.717) is 11.3 Å². The SMILES string of the molecule is CC(=NNC(=O)c1ccncc1)C(C)N=O. The molecule has 84 valence electrons. The summed E-state index contributed by atoms with van der Waals surface area (Å²) in [5.74, 6) is -0.347. The number of hydrogen-bond donors (Lipinski definition) is 1. The molecule has 0 aliphatic rings. The largest absolute Gasteiger partial charge is 0.271 e. The molecule has 1 aromatic rings. The van der Waals surface area contributed by atoms with Crippen LogP contribution in [0.1, 0.15) is 24.2 Å². The van der Waals surface area contributed by atoms with Crippen LogP contribution >= 0.6 is 0 Å². The third-order valence-corrected chi connectivity index (χ3v) is 2.04. The molecule has 16 heavy (non-hydrogen) atoms. The molecule has 1 amide bonds. The van der Waals surface area contributed by atoms with Gasteiger partial charge in [0.05, 0.1) is 5.71 Å². The van der Waals surface area contributed by atoms with Crippen molar-refractivity contribution in [2.24, 2.45) is 10.3 Å². The summed E-state index contributed by atoms with van der Waals surface area (Å²) in [5, 5.41) is 6.57. The molecule has 0 aliphatic carbocycles. The second-order valence-corrected chi connectivity index (χ2v) is 3.21. The molecule has 0 bridgehead atoms. The highest BCUT2D eigenvalue weighted by Gasteiger charge is 2.07. The Labute approximate surface area is 92.7 Å². The van der Waals surface area contributed by atoms with Gasteiger partial charge < -0.3 is 0 Å². The summed E-state index contributed by atoms with van der Waals surface area (Å²) in [4.78, 5) is 25.5. The lowest BCUT2D eigenvalue weighted by Crippen LogP contribution is -2.22. The smallest absolute Gasteiger partial charge is 0.267 e. The summed E-state index contributed by atoms with van der Waals surface area (Å²) in [7, 11) is 0. The Morgan fingerprint density at radius 2 is 2.06 bits per heavy atom. The lowest BCUT2D eigenvalue weighted by atomic mass is 10.2. The van der Waals surface area contributed by atoms with E-state index >= 15 is 0 Å². The summed E-state index contributed by atoms with van der Waals surface area (Å²) in [6.07, 6.45) is 3.03. The van der Waals surface area contributed by atoms with Gasteiger partial charge in [0.15, 0.2) is 0 Å². The Balaban J connectivity index is 2.63. The van der Waals surface area contributed by atoms with Gasteiger partial charge >= 0.3 is 0 Å². The van der Waals surface area contributed by atoms with Crippen molar-refractivity contribution < 1.29 is 4.79 Å². The van der Waals surface area contributed by atoms with Crippen molar-refractivity contribution >= 4 is 11.6 Å². The van der Waals surface area contributed by atoms with Crippen LogP contribution < -0.4 is 5.43 Å². The maximum Gasteiger partial charge on any atom is 0.271 e. The zero-order valence-electron chi connectivity index (χ0n) is 9.04. The molecule has 0 saturated carbocycles. The number of nitrogens with zero attached hydrogens (tertiary/aromatic N) is 3. The molecule has 1 aromatic heterocycles. The van der Waals surface area contributed by atoms with Gasteiger partial charge in [-0.2, -0.15) is 10.0 Å². The Morgan fingerprint density at radius 3 is 2.62 bits per heavy atom. The lowest BCUT2D eigenvalue weighted by Gasteiger charge is -2.03. The number of carbonyl (C=O) groups excluding carboxylic acids is 1. The Hall–Kier alpha value is -2.11. The minimum atomic E-state index is -0.544. The summed E-state index contributed by atoms with van der Waals surface area (Å²) in [6, 6.07) is 2.60. The summed E-state index contributed by atoms with van der Waals surface area (Å²) in [5.41, 5.74) is 3.25. The molecule has 1 unspecified atom stereocenters. The van der Waals surface area contributed by atoms with Crippen LogP contribution in [0.3, 0.4) is 0 Å². The number of rotatable bonds is 4. The molecule has 0 aromatic carbocycles. The van der Waals surface area contributed by atoms with Crippen LogP contribution in [-0.2, 0) is 0 Å². The van der Waals surface area contributed by atoms with Gasteiger partial charge in [-0.25, -0.2) is 5.43 Å². The molecule has 1 heterocycles. The van der Waals surface area contributed by atoms with Gasteiger partial charge in [0.25, 0.3) is 5.91 Å². The van der Waals surface area contributed by atoms with Gasteiger partial charge in [0.1, 0.15) is 6.04 Å². The van der Waals surface area contributed by atoms with E-state index < -0.39 is 6.04 Å². The topological polar surface area (TPSA) is 83.8 Å². The van der Waals surface area contributed by atoms with Crippen LogP contribution in [0.5, 0.6) is 0 Å². The Morgan fingerprint density at radius 1 is 1.44 bits per heavy atom. The maximum absolute atomic E-state index is 11.5. The predicted molar refractivity (Wildman–Crippen MR) is 60.1 cm³/mol. The third-order valence-electron chi connectivity index (χ3n) is 2.04. The second kappa shape index (κ2) is 5.69. The molecule has 6 nitrogen and oxygen atoms in total. The number of hydrogen-bond acceptors (Lipinski definition) is 5. The first-order chi connectivity index (χ1) is 7.65. The van der Waals surface area contributed by atoms with Gasteiger partial charge in [-0.05, 0) is 26.0 Å². The summed E-state index contributed by atoms with van der Waals surface area (Å²) >= 11 is 0. The minimum absolute atomic E-state index is 0.347. The molecule has 0 fully saturated rings. The van der Waals surface area contributed by atoms with Crippen molar-refractivity contribution in [3.05, 3.63) is 35.0 Å². The number of amides is 1. The highest BCUT2D eigenvalue weighted by Crippen LogP contribution is 1.96. The fourth-order valence-corrected chi connectivity index (χ4v) is 0.876. The molecule has 6 heteroatoms. The molecular formula is C10H12N4O2. The fourth-order valence-electron chi connectivity index (χ4n) is 0.876. The van der Waals surface area contributed by atoms with Crippen molar-refractivity contribution in [3.8, 4) is 0 Å². The van der Waals surface area contributed by atoms with E-state index in [1.807, 2.05) is 0 Å². The highest BCUT2D eigenvalue weighted by atomic mass is 16.3. The standard InChI is InChI=1S/C10H12N4O2/c1-7(8(2)14-16)12-13-10(15)9-3-5-11-6-4-9/h3-6,8H,1-2H3,(H,13,15). The van der Waals surface area contributed by atoms with Gasteiger partial charge in [0, 0.05) is 18.0 Å². The zero-order chi connectivity index (χ0) is 12.0. The van der Waals surface area contributed by atoms with Gasteiger partial charge in [0.2, 0.25) is 0 Å². The quantitative estimate of drug-likeness (QED) is 0.472. The van der Waals surface area contributed by atoms with Crippen molar-refractivity contribution in [2.75, 3.05) is 0 Å².